The van der Waals surface area contributed by atoms with Crippen LogP contribution >= 0.6 is 0 Å². The maximum absolute atomic E-state index is 5.18. The Balaban J connectivity index is 1.87. The van der Waals surface area contributed by atoms with Gasteiger partial charge in [-0.15, -0.1) is 0 Å². The Kier molecular flexibility index (Phi) is 5.88. The Morgan fingerprint density at radius 3 is 2.65 bits per heavy atom. The molecular formula is C17H34N2O. The van der Waals surface area contributed by atoms with Crippen molar-refractivity contribution in [2.45, 2.75) is 64.5 Å². The van der Waals surface area contributed by atoms with Gasteiger partial charge in [0.2, 0.25) is 0 Å². The minimum absolute atomic E-state index is 0.370. The highest BCUT2D eigenvalue weighted by Gasteiger charge is 2.45. The lowest BCUT2D eigenvalue weighted by atomic mass is 9.88. The molecule has 0 amide bonds. The zero-order chi connectivity index (χ0) is 14.6. The van der Waals surface area contributed by atoms with Gasteiger partial charge in [0, 0.05) is 38.4 Å². The van der Waals surface area contributed by atoms with Gasteiger partial charge in [0.1, 0.15) is 0 Å². The van der Waals surface area contributed by atoms with Crippen molar-refractivity contribution >= 4 is 0 Å². The van der Waals surface area contributed by atoms with E-state index in [0.29, 0.717) is 5.54 Å². The highest BCUT2D eigenvalue weighted by Crippen LogP contribution is 2.41. The van der Waals surface area contributed by atoms with E-state index in [1.807, 2.05) is 0 Å². The lowest BCUT2D eigenvalue weighted by Crippen LogP contribution is -2.64. The van der Waals surface area contributed by atoms with Gasteiger partial charge in [-0.05, 0) is 57.4 Å². The maximum Gasteiger partial charge on any atom is 0.0462 e. The van der Waals surface area contributed by atoms with Gasteiger partial charge in [-0.2, -0.15) is 0 Å². The summed E-state index contributed by atoms with van der Waals surface area (Å²) in [7, 11) is 1.80. The average molecular weight is 282 g/mol. The molecule has 1 saturated carbocycles. The van der Waals surface area contributed by atoms with Crippen LogP contribution in [0.2, 0.25) is 0 Å². The number of piperazine rings is 1. The molecule has 0 aromatic heterocycles. The molecule has 2 unspecified atom stereocenters. The van der Waals surface area contributed by atoms with Crippen LogP contribution in [0.1, 0.15) is 52.9 Å². The Morgan fingerprint density at radius 2 is 2.05 bits per heavy atom. The third-order valence-electron chi connectivity index (χ3n) is 5.06. The van der Waals surface area contributed by atoms with E-state index >= 15 is 0 Å². The quantitative estimate of drug-likeness (QED) is 0.693. The molecule has 2 fully saturated rings. The van der Waals surface area contributed by atoms with Crippen LogP contribution in [-0.4, -0.2) is 49.8 Å². The van der Waals surface area contributed by atoms with Crippen molar-refractivity contribution in [3.63, 3.8) is 0 Å². The summed E-state index contributed by atoms with van der Waals surface area (Å²) in [4.78, 5) is 2.77. The van der Waals surface area contributed by atoms with Crippen molar-refractivity contribution in [1.29, 1.82) is 0 Å². The lowest BCUT2D eigenvalue weighted by Gasteiger charge is -2.47. The van der Waals surface area contributed by atoms with Gasteiger partial charge >= 0.3 is 0 Å². The molecule has 20 heavy (non-hydrogen) atoms. The van der Waals surface area contributed by atoms with Crippen LogP contribution in [0.3, 0.4) is 0 Å². The van der Waals surface area contributed by atoms with Gasteiger partial charge in [0.25, 0.3) is 0 Å². The molecule has 1 N–H and O–H groups in total. The number of unbranched alkanes of at least 4 members (excludes halogenated alkanes) is 1. The molecule has 1 aliphatic heterocycles. The molecule has 0 aromatic rings. The summed E-state index contributed by atoms with van der Waals surface area (Å²) in [5.74, 6) is 1.71. The van der Waals surface area contributed by atoms with Crippen molar-refractivity contribution in [1.82, 2.24) is 10.2 Å². The van der Waals surface area contributed by atoms with E-state index in [1.54, 1.807) is 7.11 Å². The predicted octanol–water partition coefficient (Wildman–Crippen LogP) is 2.90. The molecule has 0 aromatic carbocycles. The largest absolute Gasteiger partial charge is 0.385 e. The predicted molar refractivity (Wildman–Crippen MR) is 85.1 cm³/mol. The summed E-state index contributed by atoms with van der Waals surface area (Å²) in [5.41, 5.74) is 0.370. The smallest absolute Gasteiger partial charge is 0.0462 e. The van der Waals surface area contributed by atoms with Crippen LogP contribution in [0.25, 0.3) is 0 Å². The number of hydrogen-bond donors (Lipinski definition) is 1. The second-order valence-corrected chi connectivity index (χ2v) is 7.53. The number of nitrogens with zero attached hydrogens (tertiary/aromatic N) is 1. The van der Waals surface area contributed by atoms with Crippen LogP contribution in [-0.2, 0) is 4.74 Å². The zero-order valence-electron chi connectivity index (χ0n) is 14.0. The highest BCUT2D eigenvalue weighted by atomic mass is 16.5. The first-order chi connectivity index (χ1) is 9.55. The minimum atomic E-state index is 0.370. The molecule has 0 radical (unpaired) electrons. The van der Waals surface area contributed by atoms with Crippen LogP contribution in [0.4, 0.5) is 0 Å². The summed E-state index contributed by atoms with van der Waals surface area (Å²) >= 11 is 0. The lowest BCUT2D eigenvalue weighted by molar-refractivity contribution is 0.0610. The summed E-state index contributed by atoms with van der Waals surface area (Å²) in [6, 6.07) is 0.726. The van der Waals surface area contributed by atoms with Gasteiger partial charge < -0.3 is 10.1 Å². The van der Waals surface area contributed by atoms with E-state index in [2.05, 4.69) is 31.0 Å². The van der Waals surface area contributed by atoms with E-state index in [0.717, 1.165) is 24.5 Å². The minimum Gasteiger partial charge on any atom is -0.385 e. The van der Waals surface area contributed by atoms with Gasteiger partial charge in [0.15, 0.2) is 0 Å². The number of hydrogen-bond acceptors (Lipinski definition) is 3. The van der Waals surface area contributed by atoms with Crippen LogP contribution < -0.4 is 5.32 Å². The fraction of sp³-hybridized carbons (Fsp3) is 1.00. The molecule has 1 saturated heterocycles. The van der Waals surface area contributed by atoms with Crippen molar-refractivity contribution in [2.24, 2.45) is 11.8 Å². The molecule has 0 bridgehead atoms. The van der Waals surface area contributed by atoms with Gasteiger partial charge in [0.05, 0.1) is 0 Å². The number of nitrogens with one attached hydrogen (secondary N) is 1. The fourth-order valence-electron chi connectivity index (χ4n) is 3.68. The Labute approximate surface area is 125 Å². The van der Waals surface area contributed by atoms with Crippen molar-refractivity contribution in [2.75, 3.05) is 33.4 Å². The molecule has 1 heterocycles. The second-order valence-electron chi connectivity index (χ2n) is 7.53. The molecule has 0 spiro atoms. The van der Waals surface area contributed by atoms with E-state index < -0.39 is 0 Å². The maximum atomic E-state index is 5.18. The number of methoxy groups -OCH3 is 1. The highest BCUT2D eigenvalue weighted by molar-refractivity contribution is 5.04. The second kappa shape index (κ2) is 7.24. The molecule has 118 valence electrons. The third kappa shape index (κ3) is 4.44. The topological polar surface area (TPSA) is 24.5 Å². The SMILES string of the molecule is COCCCCN1CC(C)(C2CC2)NCC1CC(C)C. The normalized spacial score (nSPS) is 31.9. The standard InChI is InChI=1S/C17H34N2O/c1-14(2)11-16-12-18-17(3,15-7-8-15)13-19(16)9-5-6-10-20-4/h14-16,18H,5-13H2,1-4H3. The third-order valence-corrected chi connectivity index (χ3v) is 5.06. The molecule has 3 nitrogen and oxygen atoms in total. The Bertz CT molecular complexity index is 291. The molecule has 1 aliphatic carbocycles. The van der Waals surface area contributed by atoms with E-state index in [-0.39, 0.29) is 0 Å². The summed E-state index contributed by atoms with van der Waals surface area (Å²) < 4.78 is 5.18. The first kappa shape index (κ1) is 16.3. The summed E-state index contributed by atoms with van der Waals surface area (Å²) in [6.45, 7) is 11.7. The average Bonchev–Trinajstić information content (AvgIpc) is 3.22. The number of rotatable bonds is 8. The van der Waals surface area contributed by atoms with Crippen molar-refractivity contribution in [3.8, 4) is 0 Å². The summed E-state index contributed by atoms with van der Waals surface area (Å²) in [5, 5.41) is 3.88. The monoisotopic (exact) mass is 282 g/mol. The van der Waals surface area contributed by atoms with Gasteiger partial charge in [-0.25, -0.2) is 0 Å². The molecule has 2 atom stereocenters. The van der Waals surface area contributed by atoms with Crippen LogP contribution in [0, 0.1) is 11.8 Å². The first-order valence-electron chi connectivity index (χ1n) is 8.53. The van der Waals surface area contributed by atoms with E-state index in [9.17, 15) is 0 Å². The molecular weight excluding hydrogens is 248 g/mol. The first-order valence-corrected chi connectivity index (χ1v) is 8.53. The van der Waals surface area contributed by atoms with Gasteiger partial charge in [-0.3, -0.25) is 4.90 Å². The molecule has 2 rings (SSSR count). The molecule has 2 aliphatic rings. The zero-order valence-corrected chi connectivity index (χ0v) is 14.0. The van der Waals surface area contributed by atoms with Crippen LogP contribution in [0.5, 0.6) is 0 Å². The van der Waals surface area contributed by atoms with Crippen molar-refractivity contribution in [3.05, 3.63) is 0 Å². The van der Waals surface area contributed by atoms with E-state index in [4.69, 9.17) is 4.74 Å². The van der Waals surface area contributed by atoms with Gasteiger partial charge in [-0.1, -0.05) is 13.8 Å². The summed E-state index contributed by atoms with van der Waals surface area (Å²) in [6.07, 6.45) is 6.63. The molecule has 3 heteroatoms. The van der Waals surface area contributed by atoms with Crippen LogP contribution in [0.15, 0.2) is 0 Å². The Hall–Kier alpha value is -0.120. The van der Waals surface area contributed by atoms with Crippen molar-refractivity contribution < 1.29 is 4.74 Å². The van der Waals surface area contributed by atoms with E-state index in [1.165, 1.54) is 51.7 Å². The number of ether oxygens (including phenoxy) is 1. The Morgan fingerprint density at radius 1 is 1.30 bits per heavy atom. The fourth-order valence-corrected chi connectivity index (χ4v) is 3.68.